The zero-order valence-corrected chi connectivity index (χ0v) is 19.6. The number of hydrogen-bond donors (Lipinski definition) is 1. The Hall–Kier alpha value is -2.64. The van der Waals surface area contributed by atoms with Crippen molar-refractivity contribution >= 4 is 50.9 Å². The lowest BCUT2D eigenvalue weighted by Gasteiger charge is -2.27. The van der Waals surface area contributed by atoms with Gasteiger partial charge in [-0.2, -0.15) is 4.31 Å². The number of halogens is 2. The molecular weight excluding hydrogens is 467 g/mol. The van der Waals surface area contributed by atoms with Gasteiger partial charge in [0.05, 0.1) is 16.6 Å². The summed E-state index contributed by atoms with van der Waals surface area (Å²) in [5.41, 5.74) is 1.93. The van der Waals surface area contributed by atoms with Gasteiger partial charge in [0.1, 0.15) is 0 Å². The Morgan fingerprint density at radius 3 is 2.22 bits per heavy atom. The highest BCUT2D eigenvalue weighted by atomic mass is 35.5. The van der Waals surface area contributed by atoms with Crippen LogP contribution in [-0.4, -0.2) is 25.2 Å². The summed E-state index contributed by atoms with van der Waals surface area (Å²) in [5, 5.41) is 4.45. The summed E-state index contributed by atoms with van der Waals surface area (Å²) in [6, 6.07) is 22.3. The smallest absolute Gasteiger partial charge is 0.239 e. The number of sulfonamides is 1. The first-order chi connectivity index (χ1) is 15.3. The van der Waals surface area contributed by atoms with Crippen LogP contribution in [0.2, 0.25) is 10.0 Å². The van der Waals surface area contributed by atoms with E-state index >= 15 is 0 Å². The molecule has 3 aromatic carbocycles. The van der Waals surface area contributed by atoms with Crippen molar-refractivity contribution in [1.29, 1.82) is 0 Å². The van der Waals surface area contributed by atoms with Gasteiger partial charge in [-0.25, -0.2) is 8.42 Å². The molecule has 0 aromatic heterocycles. The van der Waals surface area contributed by atoms with Crippen LogP contribution >= 0.6 is 23.2 Å². The highest BCUT2D eigenvalue weighted by Crippen LogP contribution is 2.26. The minimum Gasteiger partial charge on any atom is -0.325 e. The zero-order valence-electron chi connectivity index (χ0n) is 17.3. The van der Waals surface area contributed by atoms with Crippen LogP contribution in [0.15, 0.2) is 84.3 Å². The van der Waals surface area contributed by atoms with Crippen LogP contribution in [0.5, 0.6) is 0 Å². The molecule has 0 saturated carbocycles. The molecule has 8 heteroatoms. The van der Waals surface area contributed by atoms with Gasteiger partial charge in [-0.3, -0.25) is 4.79 Å². The Bertz CT molecular complexity index is 1200. The van der Waals surface area contributed by atoms with Crippen molar-refractivity contribution in [3.05, 3.63) is 105 Å². The van der Waals surface area contributed by atoms with E-state index in [1.807, 2.05) is 48.5 Å². The quantitative estimate of drug-likeness (QED) is 0.422. The van der Waals surface area contributed by atoms with E-state index in [-0.39, 0.29) is 11.6 Å². The third-order valence-corrected chi connectivity index (χ3v) is 7.09. The largest absolute Gasteiger partial charge is 0.325 e. The van der Waals surface area contributed by atoms with Gasteiger partial charge >= 0.3 is 0 Å². The molecule has 3 rings (SSSR count). The van der Waals surface area contributed by atoms with Crippen molar-refractivity contribution in [2.24, 2.45) is 0 Å². The number of nitrogens with zero attached hydrogens (tertiary/aromatic N) is 1. The molecule has 0 radical (unpaired) electrons. The molecule has 1 N–H and O–H groups in total. The van der Waals surface area contributed by atoms with Crippen LogP contribution < -0.4 is 5.32 Å². The second-order valence-corrected chi connectivity index (χ2v) is 9.65. The Morgan fingerprint density at radius 2 is 1.59 bits per heavy atom. The van der Waals surface area contributed by atoms with Crippen molar-refractivity contribution < 1.29 is 13.2 Å². The number of carbonyl (C=O) groups is 1. The Balaban J connectivity index is 1.86. The standard InChI is InChI=1S/C24H22Cl2N2O3S/c1-18(20-10-6-3-7-11-20)28(32(30,31)15-14-19-8-4-2-5-9-19)17-24(29)27-21-12-13-22(25)23(26)16-21/h2-16,18H,17H2,1H3,(H,27,29)/b15-14+. The maximum absolute atomic E-state index is 13.2. The van der Waals surface area contributed by atoms with Gasteiger partial charge in [-0.05, 0) is 42.3 Å². The fourth-order valence-corrected chi connectivity index (χ4v) is 4.71. The van der Waals surface area contributed by atoms with Crippen LogP contribution in [0, 0.1) is 0 Å². The van der Waals surface area contributed by atoms with Crippen LogP contribution in [0.4, 0.5) is 5.69 Å². The first-order valence-corrected chi connectivity index (χ1v) is 12.1. The predicted molar refractivity (Wildman–Crippen MR) is 131 cm³/mol. The Kier molecular flexibility index (Phi) is 8.10. The average Bonchev–Trinajstić information content (AvgIpc) is 2.79. The Morgan fingerprint density at radius 1 is 0.969 bits per heavy atom. The number of nitrogens with one attached hydrogen (secondary N) is 1. The summed E-state index contributed by atoms with van der Waals surface area (Å²) in [4.78, 5) is 12.8. The molecule has 0 aliphatic carbocycles. The lowest BCUT2D eigenvalue weighted by atomic mass is 10.1. The van der Waals surface area contributed by atoms with Crippen molar-refractivity contribution in [2.75, 3.05) is 11.9 Å². The number of rotatable bonds is 8. The van der Waals surface area contributed by atoms with Gasteiger partial charge in [-0.15, -0.1) is 0 Å². The summed E-state index contributed by atoms with van der Waals surface area (Å²) < 4.78 is 27.6. The third kappa shape index (κ3) is 6.43. The van der Waals surface area contributed by atoms with Crippen molar-refractivity contribution in [3.8, 4) is 0 Å². The van der Waals surface area contributed by atoms with E-state index in [1.165, 1.54) is 12.1 Å². The van der Waals surface area contributed by atoms with Crippen LogP contribution in [-0.2, 0) is 14.8 Å². The summed E-state index contributed by atoms with van der Waals surface area (Å²) in [5.74, 6) is -0.497. The maximum Gasteiger partial charge on any atom is 0.239 e. The van der Waals surface area contributed by atoms with Crippen molar-refractivity contribution in [3.63, 3.8) is 0 Å². The lowest BCUT2D eigenvalue weighted by Crippen LogP contribution is -2.38. The van der Waals surface area contributed by atoms with Crippen LogP contribution in [0.1, 0.15) is 24.1 Å². The van der Waals surface area contributed by atoms with E-state index in [1.54, 1.807) is 31.2 Å². The third-order valence-electron chi connectivity index (χ3n) is 4.78. The SMILES string of the molecule is CC(c1ccccc1)N(CC(=O)Nc1ccc(Cl)c(Cl)c1)S(=O)(=O)/C=C/c1ccccc1. The summed E-state index contributed by atoms with van der Waals surface area (Å²) in [7, 11) is -3.93. The highest BCUT2D eigenvalue weighted by Gasteiger charge is 2.28. The van der Waals surface area contributed by atoms with Crippen molar-refractivity contribution in [2.45, 2.75) is 13.0 Å². The molecule has 0 fully saturated rings. The zero-order chi connectivity index (χ0) is 23.1. The summed E-state index contributed by atoms with van der Waals surface area (Å²) >= 11 is 11.9. The summed E-state index contributed by atoms with van der Waals surface area (Å²) in [6.07, 6.45) is 1.51. The molecule has 0 spiro atoms. The number of benzene rings is 3. The maximum atomic E-state index is 13.2. The molecule has 0 saturated heterocycles. The number of amides is 1. The summed E-state index contributed by atoms with van der Waals surface area (Å²) in [6.45, 7) is 1.37. The highest BCUT2D eigenvalue weighted by molar-refractivity contribution is 7.92. The van der Waals surface area contributed by atoms with Crippen LogP contribution in [0.25, 0.3) is 6.08 Å². The van der Waals surface area contributed by atoms with E-state index in [4.69, 9.17) is 23.2 Å². The fraction of sp³-hybridized carbons (Fsp3) is 0.125. The van der Waals surface area contributed by atoms with E-state index in [2.05, 4.69) is 5.32 Å². The van der Waals surface area contributed by atoms with Crippen molar-refractivity contribution in [1.82, 2.24) is 4.31 Å². The second-order valence-electron chi connectivity index (χ2n) is 7.07. The van der Waals surface area contributed by atoms with E-state index in [9.17, 15) is 13.2 Å². The van der Waals surface area contributed by atoms with E-state index < -0.39 is 22.0 Å². The number of anilines is 1. The molecular formula is C24H22Cl2N2O3S. The average molecular weight is 489 g/mol. The van der Waals surface area contributed by atoms with Gasteiger partial charge in [0.15, 0.2) is 0 Å². The molecule has 3 aromatic rings. The number of carbonyl (C=O) groups excluding carboxylic acids is 1. The minimum atomic E-state index is -3.93. The van der Waals surface area contributed by atoms with Gasteiger partial charge in [0.2, 0.25) is 15.9 Å². The van der Waals surface area contributed by atoms with Gasteiger partial charge in [0, 0.05) is 17.1 Å². The fourth-order valence-electron chi connectivity index (χ4n) is 3.07. The molecule has 0 aliphatic rings. The first kappa shape index (κ1) is 24.0. The topological polar surface area (TPSA) is 66.5 Å². The monoisotopic (exact) mass is 488 g/mol. The molecule has 0 bridgehead atoms. The molecule has 5 nitrogen and oxygen atoms in total. The molecule has 166 valence electrons. The first-order valence-electron chi connectivity index (χ1n) is 9.81. The van der Waals surface area contributed by atoms with Gasteiger partial charge in [-0.1, -0.05) is 83.9 Å². The number of hydrogen-bond acceptors (Lipinski definition) is 3. The minimum absolute atomic E-state index is 0.289. The van der Waals surface area contributed by atoms with Gasteiger partial charge < -0.3 is 5.32 Å². The molecule has 1 unspecified atom stereocenters. The second kappa shape index (κ2) is 10.8. The molecule has 0 aliphatic heterocycles. The van der Waals surface area contributed by atoms with E-state index in [0.29, 0.717) is 10.7 Å². The van der Waals surface area contributed by atoms with E-state index in [0.717, 1.165) is 20.8 Å². The van der Waals surface area contributed by atoms with Crippen LogP contribution in [0.3, 0.4) is 0 Å². The molecule has 1 atom stereocenters. The lowest BCUT2D eigenvalue weighted by molar-refractivity contribution is -0.116. The molecule has 0 heterocycles. The molecule has 1 amide bonds. The Labute approximate surface area is 198 Å². The predicted octanol–water partition coefficient (Wildman–Crippen LogP) is 6.00. The van der Waals surface area contributed by atoms with Gasteiger partial charge in [0.25, 0.3) is 0 Å². The normalized spacial score (nSPS) is 12.8. The molecule has 32 heavy (non-hydrogen) atoms.